The summed E-state index contributed by atoms with van der Waals surface area (Å²) in [5.41, 5.74) is 5.07. The van der Waals surface area contributed by atoms with E-state index in [4.69, 9.17) is 9.62 Å². The summed E-state index contributed by atoms with van der Waals surface area (Å²) in [7, 11) is 0. The van der Waals surface area contributed by atoms with Crippen molar-refractivity contribution >= 4 is 16.9 Å². The minimum Gasteiger partial charge on any atom is -0.356 e. The number of nitrogens with one attached hydrogen (secondary N) is 1. The molecule has 0 spiro atoms. The number of benzene rings is 3. The molecule has 0 fully saturated rings. The molecular weight excluding hydrogens is 388 g/mol. The fourth-order valence-corrected chi connectivity index (χ4v) is 3.57. The zero-order valence-electron chi connectivity index (χ0n) is 16.7. The molecule has 0 aliphatic rings. The van der Waals surface area contributed by atoms with Crippen molar-refractivity contribution in [2.24, 2.45) is 0 Å². The Kier molecular flexibility index (Phi) is 5.02. The predicted octanol–water partition coefficient (Wildman–Crippen LogP) is 4.54. The molecule has 1 amide bonds. The maximum atomic E-state index is 12.6. The number of hydrogen-bond donors (Lipinski definition) is 1. The normalized spacial score (nSPS) is 11.0. The molecule has 0 aliphatic heterocycles. The van der Waals surface area contributed by atoms with Crippen molar-refractivity contribution in [1.29, 1.82) is 0 Å². The van der Waals surface area contributed by atoms with Crippen LogP contribution in [0.3, 0.4) is 0 Å². The van der Waals surface area contributed by atoms with Crippen LogP contribution in [0, 0.1) is 0 Å². The van der Waals surface area contributed by atoms with Gasteiger partial charge in [-0.3, -0.25) is 4.79 Å². The van der Waals surface area contributed by atoms with Crippen LogP contribution >= 0.6 is 0 Å². The number of aromatic nitrogens is 3. The van der Waals surface area contributed by atoms with Gasteiger partial charge in [-0.15, -0.1) is 0 Å². The number of carbonyl (C=O) groups excluding carboxylic acids is 1. The molecule has 0 saturated heterocycles. The molecule has 0 bridgehead atoms. The minimum atomic E-state index is -0.120. The van der Waals surface area contributed by atoms with E-state index in [0.29, 0.717) is 17.8 Å². The molecule has 2 heterocycles. The number of amides is 1. The molecule has 0 radical (unpaired) electrons. The van der Waals surface area contributed by atoms with Gasteiger partial charge in [0.15, 0.2) is 5.58 Å². The summed E-state index contributed by atoms with van der Waals surface area (Å²) < 4.78 is 7.14. The second kappa shape index (κ2) is 8.28. The molecule has 3 aromatic carbocycles. The Morgan fingerprint density at radius 3 is 2.42 bits per heavy atom. The summed E-state index contributed by atoms with van der Waals surface area (Å²) in [6.07, 6.45) is 2.12. The Labute approximate surface area is 179 Å². The van der Waals surface area contributed by atoms with Gasteiger partial charge in [0.2, 0.25) is 5.91 Å². The zero-order valence-corrected chi connectivity index (χ0v) is 16.7. The van der Waals surface area contributed by atoms with Crippen molar-refractivity contribution in [2.45, 2.75) is 13.0 Å². The van der Waals surface area contributed by atoms with Gasteiger partial charge in [-0.25, -0.2) is 4.68 Å². The molecule has 2 aromatic heterocycles. The number of fused-ring (bicyclic) bond motifs is 1. The summed E-state index contributed by atoms with van der Waals surface area (Å²) in [6.45, 7) is 0.367. The highest BCUT2D eigenvalue weighted by Gasteiger charge is 2.15. The van der Waals surface area contributed by atoms with Crippen LogP contribution in [0.2, 0.25) is 0 Å². The Morgan fingerprint density at radius 2 is 1.61 bits per heavy atom. The molecule has 0 atom stereocenters. The average Bonchev–Trinajstić information content (AvgIpc) is 3.44. The van der Waals surface area contributed by atoms with Gasteiger partial charge in [0.25, 0.3) is 0 Å². The molecule has 5 rings (SSSR count). The molecule has 31 heavy (non-hydrogen) atoms. The van der Waals surface area contributed by atoms with E-state index in [1.807, 2.05) is 95.8 Å². The van der Waals surface area contributed by atoms with Gasteiger partial charge >= 0.3 is 0 Å². The van der Waals surface area contributed by atoms with Crippen LogP contribution in [0.4, 0.5) is 0 Å². The van der Waals surface area contributed by atoms with Crippen molar-refractivity contribution in [3.05, 3.63) is 102 Å². The van der Waals surface area contributed by atoms with E-state index in [-0.39, 0.29) is 12.3 Å². The molecule has 6 heteroatoms. The average molecular weight is 408 g/mol. The van der Waals surface area contributed by atoms with E-state index in [2.05, 4.69) is 10.5 Å². The Bertz CT molecular complexity index is 1320. The Balaban J connectivity index is 1.38. The van der Waals surface area contributed by atoms with Gasteiger partial charge in [0.1, 0.15) is 5.69 Å². The Hall–Kier alpha value is -4.19. The molecule has 152 valence electrons. The van der Waals surface area contributed by atoms with Gasteiger partial charge in [-0.1, -0.05) is 65.8 Å². The first kappa shape index (κ1) is 18.8. The van der Waals surface area contributed by atoms with Crippen molar-refractivity contribution in [1.82, 2.24) is 20.3 Å². The lowest BCUT2D eigenvalue weighted by Gasteiger charge is -2.05. The monoisotopic (exact) mass is 408 g/mol. The summed E-state index contributed by atoms with van der Waals surface area (Å²) in [6, 6.07) is 27.4. The minimum absolute atomic E-state index is 0.120. The van der Waals surface area contributed by atoms with Gasteiger partial charge in [0.05, 0.1) is 17.8 Å². The molecule has 1 N–H and O–H groups in total. The van der Waals surface area contributed by atoms with E-state index >= 15 is 0 Å². The van der Waals surface area contributed by atoms with Gasteiger partial charge in [-0.05, 0) is 24.3 Å². The summed E-state index contributed by atoms with van der Waals surface area (Å²) in [5.74, 6) is -0.120. The quantitative estimate of drug-likeness (QED) is 0.448. The fraction of sp³-hybridized carbons (Fsp3) is 0.0800. The van der Waals surface area contributed by atoms with E-state index in [1.54, 1.807) is 0 Å². The topological polar surface area (TPSA) is 73.0 Å². The van der Waals surface area contributed by atoms with Gasteiger partial charge < -0.3 is 9.84 Å². The highest BCUT2D eigenvalue weighted by atomic mass is 16.5. The van der Waals surface area contributed by atoms with Gasteiger partial charge in [-0.2, -0.15) is 5.10 Å². The highest BCUT2D eigenvalue weighted by Crippen LogP contribution is 2.24. The number of nitrogens with zero attached hydrogens (tertiary/aromatic N) is 3. The van der Waals surface area contributed by atoms with Crippen LogP contribution in [0.5, 0.6) is 0 Å². The smallest absolute Gasteiger partial charge is 0.226 e. The molecule has 6 nitrogen and oxygen atoms in total. The fourth-order valence-electron chi connectivity index (χ4n) is 3.57. The maximum absolute atomic E-state index is 12.6. The molecule has 0 aliphatic carbocycles. The van der Waals surface area contributed by atoms with Crippen LogP contribution in [0.25, 0.3) is 27.9 Å². The van der Waals surface area contributed by atoms with Crippen molar-refractivity contribution in [3.8, 4) is 16.9 Å². The van der Waals surface area contributed by atoms with E-state index in [9.17, 15) is 4.79 Å². The lowest BCUT2D eigenvalue weighted by Crippen LogP contribution is -2.24. The number of para-hydroxylation sites is 2. The van der Waals surface area contributed by atoms with E-state index in [1.165, 1.54) is 0 Å². The first-order valence-electron chi connectivity index (χ1n) is 10.1. The van der Waals surface area contributed by atoms with Crippen LogP contribution in [-0.4, -0.2) is 20.8 Å². The lowest BCUT2D eigenvalue weighted by atomic mass is 10.1. The first-order chi connectivity index (χ1) is 15.3. The van der Waals surface area contributed by atoms with Crippen molar-refractivity contribution in [3.63, 3.8) is 0 Å². The Morgan fingerprint density at radius 1 is 0.903 bits per heavy atom. The zero-order chi connectivity index (χ0) is 21.0. The van der Waals surface area contributed by atoms with E-state index < -0.39 is 0 Å². The predicted molar refractivity (Wildman–Crippen MR) is 119 cm³/mol. The third-order valence-corrected chi connectivity index (χ3v) is 5.11. The first-order valence-corrected chi connectivity index (χ1v) is 10.1. The van der Waals surface area contributed by atoms with Crippen LogP contribution in [0.15, 0.2) is 95.6 Å². The second-order valence-electron chi connectivity index (χ2n) is 7.23. The summed E-state index contributed by atoms with van der Waals surface area (Å²) in [5, 5.41) is 12.7. The SMILES string of the molecule is O=C(Cc1noc2ccccc12)NCc1cn(-c2ccccc2)nc1-c1ccccc1. The lowest BCUT2D eigenvalue weighted by molar-refractivity contribution is -0.120. The van der Waals surface area contributed by atoms with Gasteiger partial charge in [0, 0.05) is 29.3 Å². The number of rotatable bonds is 6. The molecule has 0 saturated carbocycles. The standard InChI is InChI=1S/C25H20N4O2/c30-24(15-22-21-13-7-8-14-23(21)31-28-22)26-16-19-17-29(20-11-5-2-6-12-20)27-25(19)18-9-3-1-4-10-18/h1-14,17H,15-16H2,(H,26,30). The highest BCUT2D eigenvalue weighted by molar-refractivity contribution is 5.86. The largest absolute Gasteiger partial charge is 0.356 e. The summed E-state index contributed by atoms with van der Waals surface area (Å²) in [4.78, 5) is 12.6. The second-order valence-corrected chi connectivity index (χ2v) is 7.23. The van der Waals surface area contributed by atoms with Crippen LogP contribution in [0.1, 0.15) is 11.3 Å². The number of carbonyl (C=O) groups is 1. The maximum Gasteiger partial charge on any atom is 0.226 e. The van der Waals surface area contributed by atoms with Crippen molar-refractivity contribution < 1.29 is 9.32 Å². The van der Waals surface area contributed by atoms with E-state index in [0.717, 1.165) is 27.9 Å². The molecule has 5 aromatic rings. The third kappa shape index (κ3) is 3.96. The molecular formula is C25H20N4O2. The van der Waals surface area contributed by atoms with Crippen LogP contribution < -0.4 is 5.32 Å². The third-order valence-electron chi connectivity index (χ3n) is 5.11. The van der Waals surface area contributed by atoms with Crippen molar-refractivity contribution in [2.75, 3.05) is 0 Å². The summed E-state index contributed by atoms with van der Waals surface area (Å²) >= 11 is 0. The number of hydrogen-bond acceptors (Lipinski definition) is 4. The van der Waals surface area contributed by atoms with Crippen LogP contribution in [-0.2, 0) is 17.8 Å². The molecule has 0 unspecified atom stereocenters.